The summed E-state index contributed by atoms with van der Waals surface area (Å²) < 4.78 is 46.2. The molecule has 1 aliphatic carbocycles. The van der Waals surface area contributed by atoms with Gasteiger partial charge < -0.3 is 19.3 Å². The minimum absolute atomic E-state index is 0.0296. The van der Waals surface area contributed by atoms with E-state index in [2.05, 4.69) is 4.74 Å². The lowest BCUT2D eigenvalue weighted by Crippen LogP contribution is -2.51. The minimum Gasteiger partial charge on any atom is -0.406 e. The van der Waals surface area contributed by atoms with Gasteiger partial charge in [0.15, 0.2) is 0 Å². The number of nitrogens with zero attached hydrogens (tertiary/aromatic N) is 2. The van der Waals surface area contributed by atoms with E-state index in [1.54, 1.807) is 4.90 Å². The third-order valence-electron chi connectivity index (χ3n) is 5.94. The summed E-state index contributed by atoms with van der Waals surface area (Å²) in [4.78, 5) is 29.5. The number of hydrogen-bond acceptors (Lipinski definition) is 4. The molecule has 3 fully saturated rings. The van der Waals surface area contributed by atoms with E-state index in [1.165, 1.54) is 12.1 Å². The summed E-state index contributed by atoms with van der Waals surface area (Å²) in [6, 6.07) is 5.06. The maximum absolute atomic E-state index is 13.0. The van der Waals surface area contributed by atoms with E-state index in [-0.39, 0.29) is 35.6 Å². The van der Waals surface area contributed by atoms with Crippen molar-refractivity contribution in [3.05, 3.63) is 29.8 Å². The second kappa shape index (κ2) is 8.45. The third-order valence-corrected chi connectivity index (χ3v) is 5.94. The van der Waals surface area contributed by atoms with Crippen molar-refractivity contribution < 1.29 is 32.2 Å². The fourth-order valence-electron chi connectivity index (χ4n) is 4.30. The van der Waals surface area contributed by atoms with E-state index in [0.717, 1.165) is 37.8 Å². The molecule has 1 aromatic rings. The van der Waals surface area contributed by atoms with Crippen LogP contribution in [0, 0.1) is 5.92 Å². The van der Waals surface area contributed by atoms with E-state index < -0.39 is 6.36 Å². The Labute approximate surface area is 172 Å². The molecule has 1 saturated carbocycles. The van der Waals surface area contributed by atoms with Crippen LogP contribution in [0.1, 0.15) is 42.5 Å². The third kappa shape index (κ3) is 4.88. The zero-order valence-electron chi connectivity index (χ0n) is 16.6. The van der Waals surface area contributed by atoms with E-state index >= 15 is 0 Å². The molecular formula is C21H25F3N2O4. The standard InChI is InChI=1S/C21H25F3N2O4/c22-21(23,24)30-18-5-3-14(4-6-18)19(27)25-10-7-17(13-25)26(20(28)15-1-2-15)16-8-11-29-12-9-16/h3-6,15-17H,1-2,7-13H2. The molecule has 6 nitrogen and oxygen atoms in total. The van der Waals surface area contributed by atoms with Crippen molar-refractivity contribution in [2.75, 3.05) is 26.3 Å². The maximum Gasteiger partial charge on any atom is 0.573 e. The largest absolute Gasteiger partial charge is 0.573 e. The summed E-state index contributed by atoms with van der Waals surface area (Å²) in [5, 5.41) is 0. The molecule has 3 aliphatic rings. The average Bonchev–Trinajstić information content (AvgIpc) is 3.46. The predicted octanol–water partition coefficient (Wildman–Crippen LogP) is 3.22. The lowest BCUT2D eigenvalue weighted by atomic mass is 10.0. The Morgan fingerprint density at radius 1 is 1.00 bits per heavy atom. The molecule has 2 amide bonds. The van der Waals surface area contributed by atoms with Gasteiger partial charge in [0.2, 0.25) is 5.91 Å². The number of carbonyl (C=O) groups excluding carboxylic acids is 2. The summed E-state index contributed by atoms with van der Waals surface area (Å²) in [6.07, 6.45) is -0.583. The molecular weight excluding hydrogens is 401 g/mol. The smallest absolute Gasteiger partial charge is 0.406 e. The molecule has 2 aliphatic heterocycles. The van der Waals surface area contributed by atoms with Crippen LogP contribution in [0.2, 0.25) is 0 Å². The van der Waals surface area contributed by atoms with Crippen LogP contribution in [0.3, 0.4) is 0 Å². The predicted molar refractivity (Wildman–Crippen MR) is 101 cm³/mol. The quantitative estimate of drug-likeness (QED) is 0.726. The molecule has 0 aromatic heterocycles. The van der Waals surface area contributed by atoms with Gasteiger partial charge in [-0.3, -0.25) is 9.59 Å². The van der Waals surface area contributed by atoms with Gasteiger partial charge in [-0.2, -0.15) is 0 Å². The molecule has 0 N–H and O–H groups in total. The molecule has 2 heterocycles. The molecule has 0 spiro atoms. The first-order valence-electron chi connectivity index (χ1n) is 10.4. The Morgan fingerprint density at radius 2 is 1.67 bits per heavy atom. The molecule has 1 aromatic carbocycles. The zero-order valence-corrected chi connectivity index (χ0v) is 16.6. The Kier molecular flexibility index (Phi) is 5.90. The van der Waals surface area contributed by atoms with Crippen molar-refractivity contribution in [1.82, 2.24) is 9.80 Å². The van der Waals surface area contributed by atoms with E-state index in [4.69, 9.17) is 4.74 Å². The zero-order chi connectivity index (χ0) is 21.3. The summed E-state index contributed by atoms with van der Waals surface area (Å²) >= 11 is 0. The molecule has 1 atom stereocenters. The summed E-state index contributed by atoms with van der Waals surface area (Å²) in [5.41, 5.74) is 0.302. The Morgan fingerprint density at radius 3 is 2.27 bits per heavy atom. The van der Waals surface area contributed by atoms with Gasteiger partial charge in [0.05, 0.1) is 6.04 Å². The monoisotopic (exact) mass is 426 g/mol. The lowest BCUT2D eigenvalue weighted by molar-refractivity contribution is -0.274. The van der Waals surface area contributed by atoms with Gasteiger partial charge in [-0.05, 0) is 56.4 Å². The van der Waals surface area contributed by atoms with E-state index in [9.17, 15) is 22.8 Å². The molecule has 0 bridgehead atoms. The lowest BCUT2D eigenvalue weighted by Gasteiger charge is -2.38. The molecule has 164 valence electrons. The highest BCUT2D eigenvalue weighted by Gasteiger charge is 2.42. The molecule has 2 saturated heterocycles. The van der Waals surface area contributed by atoms with Crippen molar-refractivity contribution in [2.24, 2.45) is 5.92 Å². The second-order valence-corrected chi connectivity index (χ2v) is 8.13. The number of hydrogen-bond donors (Lipinski definition) is 0. The normalized spacial score (nSPS) is 22.8. The van der Waals surface area contributed by atoms with E-state index in [0.29, 0.717) is 38.3 Å². The fraction of sp³-hybridized carbons (Fsp3) is 0.619. The molecule has 9 heteroatoms. The van der Waals surface area contributed by atoms with Crippen LogP contribution in [0.15, 0.2) is 24.3 Å². The van der Waals surface area contributed by atoms with Gasteiger partial charge in [-0.25, -0.2) is 0 Å². The van der Waals surface area contributed by atoms with E-state index in [1.807, 2.05) is 4.90 Å². The number of halogens is 3. The SMILES string of the molecule is O=C(c1ccc(OC(F)(F)F)cc1)N1CCC(N(C(=O)C2CC2)C2CCOCC2)C1. The van der Waals surface area contributed by atoms with Crippen LogP contribution in [0.25, 0.3) is 0 Å². The minimum atomic E-state index is -4.77. The Hall–Kier alpha value is -2.29. The van der Waals surface area contributed by atoms with Crippen LogP contribution >= 0.6 is 0 Å². The fourth-order valence-corrected chi connectivity index (χ4v) is 4.30. The highest BCUT2D eigenvalue weighted by atomic mass is 19.4. The molecule has 4 rings (SSSR count). The van der Waals surface area contributed by atoms with Crippen molar-refractivity contribution in [2.45, 2.75) is 50.6 Å². The van der Waals surface area contributed by atoms with Gasteiger partial charge in [0, 0.05) is 43.8 Å². The van der Waals surface area contributed by atoms with Crippen LogP contribution in [-0.2, 0) is 9.53 Å². The van der Waals surface area contributed by atoms with Gasteiger partial charge in [-0.15, -0.1) is 13.2 Å². The maximum atomic E-state index is 13.0. The summed E-state index contributed by atoms with van der Waals surface area (Å²) in [7, 11) is 0. The van der Waals surface area contributed by atoms with Crippen molar-refractivity contribution in [3.8, 4) is 5.75 Å². The summed E-state index contributed by atoms with van der Waals surface area (Å²) in [5.74, 6) is -0.311. The number of benzene rings is 1. The first-order chi connectivity index (χ1) is 14.3. The highest BCUT2D eigenvalue weighted by molar-refractivity contribution is 5.94. The van der Waals surface area contributed by atoms with Crippen LogP contribution in [-0.4, -0.2) is 66.4 Å². The molecule has 1 unspecified atom stereocenters. The van der Waals surface area contributed by atoms with Crippen LogP contribution < -0.4 is 4.74 Å². The van der Waals surface area contributed by atoms with Crippen LogP contribution in [0.4, 0.5) is 13.2 Å². The van der Waals surface area contributed by atoms with Gasteiger partial charge >= 0.3 is 6.36 Å². The average molecular weight is 426 g/mol. The number of likely N-dealkylation sites (tertiary alicyclic amines) is 1. The van der Waals surface area contributed by atoms with Gasteiger partial charge in [0.25, 0.3) is 5.91 Å². The number of alkyl halides is 3. The first kappa shape index (κ1) is 21.0. The molecule has 30 heavy (non-hydrogen) atoms. The van der Waals surface area contributed by atoms with Gasteiger partial charge in [-0.1, -0.05) is 0 Å². The van der Waals surface area contributed by atoms with Crippen LogP contribution in [0.5, 0.6) is 5.75 Å². The second-order valence-electron chi connectivity index (χ2n) is 8.13. The number of rotatable bonds is 5. The topological polar surface area (TPSA) is 59.1 Å². The summed E-state index contributed by atoms with van der Waals surface area (Å²) in [6.45, 7) is 2.24. The number of carbonyl (C=O) groups is 2. The van der Waals surface area contributed by atoms with Crippen molar-refractivity contribution in [3.63, 3.8) is 0 Å². The van der Waals surface area contributed by atoms with Crippen molar-refractivity contribution >= 4 is 11.8 Å². The van der Waals surface area contributed by atoms with Gasteiger partial charge in [0.1, 0.15) is 5.75 Å². The first-order valence-corrected chi connectivity index (χ1v) is 10.4. The Bertz CT molecular complexity index is 773. The number of amides is 2. The highest BCUT2D eigenvalue weighted by Crippen LogP contribution is 2.35. The van der Waals surface area contributed by atoms with Crippen molar-refractivity contribution in [1.29, 1.82) is 0 Å². The molecule has 0 radical (unpaired) electrons. The Balaban J connectivity index is 1.41. The number of ether oxygens (including phenoxy) is 2.